The highest BCUT2D eigenvalue weighted by Crippen LogP contribution is 2.43. The van der Waals surface area contributed by atoms with Gasteiger partial charge in [0.15, 0.2) is 0 Å². The van der Waals surface area contributed by atoms with E-state index in [0.29, 0.717) is 11.2 Å². The summed E-state index contributed by atoms with van der Waals surface area (Å²) in [5.41, 5.74) is -0.222. The molecule has 0 aromatic heterocycles. The molecule has 1 saturated heterocycles. The molecule has 0 N–H and O–H groups in total. The molecule has 2 atom stereocenters. The van der Waals surface area contributed by atoms with E-state index in [-0.39, 0.29) is 17.7 Å². The van der Waals surface area contributed by atoms with Crippen LogP contribution in [0.1, 0.15) is 20.3 Å². The van der Waals surface area contributed by atoms with E-state index in [0.717, 1.165) is 0 Å². The lowest BCUT2D eigenvalue weighted by Gasteiger charge is -2.34. The Kier molecular flexibility index (Phi) is 4.44. The number of thioether (sulfide) groups is 2. The number of ether oxygens (including phenoxy) is 2. The Morgan fingerprint density at radius 1 is 1.53 bits per heavy atom. The van der Waals surface area contributed by atoms with Crippen molar-refractivity contribution < 1.29 is 14.3 Å². The van der Waals surface area contributed by atoms with Gasteiger partial charge in [0, 0.05) is 6.92 Å². The zero-order valence-corrected chi connectivity index (χ0v) is 11.8. The molecular weight excluding hydrogens is 256 g/mol. The lowest BCUT2D eigenvalue weighted by atomic mass is 10.1. The number of carbonyl (C=O) groups excluding carboxylic acids is 1. The molecule has 0 radical (unpaired) electrons. The van der Waals surface area contributed by atoms with Gasteiger partial charge < -0.3 is 9.47 Å². The molecule has 0 unspecified atom stereocenters. The summed E-state index contributed by atoms with van der Waals surface area (Å²) >= 11 is 3.93. The van der Waals surface area contributed by atoms with Crippen LogP contribution in [0.5, 0.6) is 0 Å². The van der Waals surface area contributed by atoms with Crippen LogP contribution in [0.3, 0.4) is 0 Å². The van der Waals surface area contributed by atoms with Crippen LogP contribution < -0.4 is 0 Å². The van der Waals surface area contributed by atoms with Gasteiger partial charge in [-0.3, -0.25) is 4.79 Å². The molecular formula is C12H18O3S2. The number of esters is 1. The van der Waals surface area contributed by atoms with E-state index < -0.39 is 0 Å². The summed E-state index contributed by atoms with van der Waals surface area (Å²) in [7, 11) is 0. The standard InChI is InChI=1S/C12H18O3S2/c1-9(13)14-8-10-4-5-12(2,15-10)11-16-6-3-7-17-11/h4-5,10-11H,3,6-8H2,1-2H3/t10-,12-/m0/s1. The molecule has 0 bridgehead atoms. The maximum absolute atomic E-state index is 10.8. The fraction of sp³-hybridized carbons (Fsp3) is 0.750. The smallest absolute Gasteiger partial charge is 0.302 e. The zero-order valence-electron chi connectivity index (χ0n) is 10.2. The maximum atomic E-state index is 10.8. The summed E-state index contributed by atoms with van der Waals surface area (Å²) in [6.45, 7) is 3.86. The van der Waals surface area contributed by atoms with Crippen molar-refractivity contribution in [2.75, 3.05) is 18.1 Å². The molecule has 2 aliphatic rings. The predicted molar refractivity (Wildman–Crippen MR) is 72.4 cm³/mol. The molecule has 0 aromatic rings. The lowest BCUT2D eigenvalue weighted by Crippen LogP contribution is -2.38. The van der Waals surface area contributed by atoms with Crippen LogP contribution in [0.4, 0.5) is 0 Å². The van der Waals surface area contributed by atoms with E-state index in [2.05, 4.69) is 13.0 Å². The van der Waals surface area contributed by atoms with Gasteiger partial charge in [0.1, 0.15) is 18.3 Å². The first-order valence-electron chi connectivity index (χ1n) is 5.84. The minimum Gasteiger partial charge on any atom is -0.463 e. The minimum atomic E-state index is -0.253. The van der Waals surface area contributed by atoms with Crippen molar-refractivity contribution in [1.29, 1.82) is 0 Å². The van der Waals surface area contributed by atoms with Gasteiger partial charge in [-0.25, -0.2) is 0 Å². The Morgan fingerprint density at radius 3 is 2.88 bits per heavy atom. The van der Waals surface area contributed by atoms with Gasteiger partial charge in [-0.05, 0) is 24.9 Å². The van der Waals surface area contributed by atoms with Gasteiger partial charge in [0.25, 0.3) is 0 Å². The first-order valence-corrected chi connectivity index (χ1v) is 7.94. The van der Waals surface area contributed by atoms with Crippen molar-refractivity contribution >= 4 is 29.5 Å². The fourth-order valence-electron chi connectivity index (χ4n) is 1.95. The van der Waals surface area contributed by atoms with E-state index in [1.54, 1.807) is 0 Å². The molecule has 3 nitrogen and oxygen atoms in total. The van der Waals surface area contributed by atoms with Gasteiger partial charge in [0.2, 0.25) is 0 Å². The van der Waals surface area contributed by atoms with E-state index >= 15 is 0 Å². The molecule has 2 aliphatic heterocycles. The average molecular weight is 274 g/mol. The SMILES string of the molecule is CC(=O)OC[C@@H]1C=C[C@@](C)(C2SCCCS2)O1. The summed E-state index contributed by atoms with van der Waals surface area (Å²) < 4.78 is 11.4. The van der Waals surface area contributed by atoms with Crippen LogP contribution in [0.15, 0.2) is 12.2 Å². The van der Waals surface area contributed by atoms with Gasteiger partial charge in [-0.2, -0.15) is 0 Å². The summed E-state index contributed by atoms with van der Waals surface area (Å²) in [5, 5.41) is 0. The van der Waals surface area contributed by atoms with Crippen molar-refractivity contribution in [3.63, 3.8) is 0 Å². The predicted octanol–water partition coefficient (Wildman–Crippen LogP) is 2.46. The molecule has 2 rings (SSSR count). The van der Waals surface area contributed by atoms with Crippen molar-refractivity contribution in [2.24, 2.45) is 0 Å². The Morgan fingerprint density at radius 2 is 2.24 bits per heavy atom. The minimum absolute atomic E-state index is 0.0907. The first kappa shape index (κ1) is 13.3. The Hall–Kier alpha value is -0.130. The molecule has 96 valence electrons. The lowest BCUT2D eigenvalue weighted by molar-refractivity contribution is -0.145. The van der Waals surface area contributed by atoms with Crippen molar-refractivity contribution in [3.8, 4) is 0 Å². The molecule has 2 heterocycles. The molecule has 0 saturated carbocycles. The summed E-state index contributed by atoms with van der Waals surface area (Å²) in [6.07, 6.45) is 5.32. The van der Waals surface area contributed by atoms with Crippen LogP contribution in [0.25, 0.3) is 0 Å². The third-order valence-corrected chi connectivity index (χ3v) is 6.20. The van der Waals surface area contributed by atoms with E-state index in [4.69, 9.17) is 9.47 Å². The number of rotatable bonds is 3. The third kappa shape index (κ3) is 3.42. The van der Waals surface area contributed by atoms with Gasteiger partial charge >= 0.3 is 5.97 Å². The molecule has 0 aliphatic carbocycles. The summed E-state index contributed by atoms with van der Waals surface area (Å²) in [4.78, 5) is 10.8. The van der Waals surface area contributed by atoms with Gasteiger partial charge in [0.05, 0.1) is 4.58 Å². The fourth-order valence-corrected chi connectivity index (χ4v) is 5.07. The Labute approximate surface area is 111 Å². The second kappa shape index (κ2) is 5.67. The van der Waals surface area contributed by atoms with Crippen LogP contribution in [0, 0.1) is 0 Å². The highest BCUT2D eigenvalue weighted by atomic mass is 32.2. The van der Waals surface area contributed by atoms with Crippen LogP contribution in [-0.2, 0) is 14.3 Å². The summed E-state index contributed by atoms with van der Waals surface area (Å²) in [6, 6.07) is 0. The van der Waals surface area contributed by atoms with Crippen LogP contribution in [-0.4, -0.2) is 40.4 Å². The van der Waals surface area contributed by atoms with E-state index in [9.17, 15) is 4.79 Å². The number of hydrogen-bond acceptors (Lipinski definition) is 5. The number of carbonyl (C=O) groups is 1. The second-order valence-electron chi connectivity index (χ2n) is 4.43. The first-order chi connectivity index (χ1) is 8.10. The quantitative estimate of drug-likeness (QED) is 0.583. The molecule has 0 spiro atoms. The zero-order chi connectivity index (χ0) is 12.3. The average Bonchev–Trinajstić information content (AvgIpc) is 2.71. The summed E-state index contributed by atoms with van der Waals surface area (Å²) in [5.74, 6) is 2.16. The Balaban J connectivity index is 1.87. The monoisotopic (exact) mass is 274 g/mol. The van der Waals surface area contributed by atoms with Gasteiger partial charge in [-0.1, -0.05) is 12.2 Å². The largest absolute Gasteiger partial charge is 0.463 e. The van der Waals surface area contributed by atoms with Gasteiger partial charge in [-0.15, -0.1) is 23.5 Å². The highest BCUT2D eigenvalue weighted by Gasteiger charge is 2.40. The van der Waals surface area contributed by atoms with E-state index in [1.165, 1.54) is 24.9 Å². The second-order valence-corrected chi connectivity index (χ2v) is 7.15. The third-order valence-electron chi connectivity index (χ3n) is 2.79. The topological polar surface area (TPSA) is 35.5 Å². The molecule has 17 heavy (non-hydrogen) atoms. The van der Waals surface area contributed by atoms with Crippen molar-refractivity contribution in [1.82, 2.24) is 0 Å². The van der Waals surface area contributed by atoms with E-state index in [1.807, 2.05) is 29.6 Å². The van der Waals surface area contributed by atoms with Crippen molar-refractivity contribution in [3.05, 3.63) is 12.2 Å². The molecule has 1 fully saturated rings. The molecule has 0 aromatic carbocycles. The Bertz CT molecular complexity index is 313. The highest BCUT2D eigenvalue weighted by molar-refractivity contribution is 8.17. The van der Waals surface area contributed by atoms with Crippen LogP contribution >= 0.6 is 23.5 Å². The van der Waals surface area contributed by atoms with Crippen LogP contribution in [0.2, 0.25) is 0 Å². The van der Waals surface area contributed by atoms with Crippen molar-refractivity contribution in [2.45, 2.75) is 36.6 Å². The molecule has 5 heteroatoms. The number of hydrogen-bond donors (Lipinski definition) is 0. The molecule has 0 amide bonds. The normalized spacial score (nSPS) is 33.9. The maximum Gasteiger partial charge on any atom is 0.302 e.